The Morgan fingerprint density at radius 3 is 3.00 bits per heavy atom. The van der Waals surface area contributed by atoms with Crippen molar-refractivity contribution in [3.63, 3.8) is 0 Å². The number of halogens is 1. The van der Waals surface area contributed by atoms with Crippen LogP contribution in [0.4, 0.5) is 10.2 Å². The fourth-order valence-corrected chi connectivity index (χ4v) is 4.39. The summed E-state index contributed by atoms with van der Waals surface area (Å²) < 4.78 is 37.4. The summed E-state index contributed by atoms with van der Waals surface area (Å²) in [7, 11) is -2.03. The number of rotatable bonds is 11. The monoisotopic (exact) mass is 489 g/mol. The fraction of sp³-hybridized carbons (Fsp3) is 0.409. The van der Waals surface area contributed by atoms with Crippen molar-refractivity contribution in [2.45, 2.75) is 38.1 Å². The minimum Gasteiger partial charge on any atom is -0.382 e. The topological polar surface area (TPSA) is 137 Å². The minimum absolute atomic E-state index is 0.143. The van der Waals surface area contributed by atoms with Gasteiger partial charge in [-0.2, -0.15) is 10.4 Å². The Morgan fingerprint density at radius 1 is 1.26 bits per heavy atom. The minimum atomic E-state index is -2.03. The Hall–Kier alpha value is -2.71. The molecule has 0 saturated carbocycles. The Labute approximate surface area is 197 Å². The third-order valence-corrected chi connectivity index (χ3v) is 6.08. The molecule has 0 aliphatic carbocycles. The molecule has 1 saturated heterocycles. The fourth-order valence-electron chi connectivity index (χ4n) is 3.74. The number of nitrogen functional groups attached to an aromatic ring is 1. The molecule has 3 heterocycles. The van der Waals surface area contributed by atoms with Crippen LogP contribution in [0.3, 0.4) is 0 Å². The lowest BCUT2D eigenvalue weighted by Gasteiger charge is -2.16. The van der Waals surface area contributed by atoms with Gasteiger partial charge in [0.15, 0.2) is 5.82 Å². The second kappa shape index (κ2) is 11.6. The van der Waals surface area contributed by atoms with Gasteiger partial charge >= 0.3 is 8.60 Å². The number of anilines is 1. The van der Waals surface area contributed by atoms with Crippen LogP contribution in [0.1, 0.15) is 42.2 Å². The molecule has 0 amide bonds. The van der Waals surface area contributed by atoms with E-state index in [0.29, 0.717) is 24.4 Å². The highest BCUT2D eigenvalue weighted by Gasteiger charge is 2.30. The van der Waals surface area contributed by atoms with E-state index in [1.807, 2.05) is 18.2 Å². The number of nitrogens with two attached hydrogens (primary N) is 1. The van der Waals surface area contributed by atoms with Gasteiger partial charge in [-0.05, 0) is 55.2 Å². The van der Waals surface area contributed by atoms with Crippen LogP contribution in [-0.2, 0) is 25.1 Å². The maximum Gasteiger partial charge on any atom is 0.329 e. The lowest BCUT2D eigenvalue weighted by Crippen LogP contribution is -2.14. The Kier molecular flexibility index (Phi) is 8.34. The molecule has 3 aromatic rings. The van der Waals surface area contributed by atoms with Crippen molar-refractivity contribution in [1.82, 2.24) is 14.6 Å². The predicted octanol–water partition coefficient (Wildman–Crippen LogP) is 3.40. The van der Waals surface area contributed by atoms with Crippen LogP contribution >= 0.6 is 8.60 Å². The quantitative estimate of drug-likeness (QED) is 0.307. The highest BCUT2D eigenvalue weighted by atomic mass is 31.2. The van der Waals surface area contributed by atoms with Crippen LogP contribution in [0.5, 0.6) is 0 Å². The summed E-state index contributed by atoms with van der Waals surface area (Å²) in [4.78, 5) is 14.0. The molecule has 2 aromatic heterocycles. The highest BCUT2D eigenvalue weighted by Crippen LogP contribution is 2.37. The average molecular weight is 489 g/mol. The van der Waals surface area contributed by atoms with Crippen LogP contribution in [0.2, 0.25) is 0 Å². The first-order chi connectivity index (χ1) is 16.5. The molecule has 10 nitrogen and oxygen atoms in total. The number of aromatic nitrogens is 3. The van der Waals surface area contributed by atoms with Crippen molar-refractivity contribution in [3.05, 3.63) is 59.3 Å². The zero-order valence-electron chi connectivity index (χ0n) is 18.3. The summed E-state index contributed by atoms with van der Waals surface area (Å²) >= 11 is 0. The molecule has 4 rings (SSSR count). The van der Waals surface area contributed by atoms with E-state index in [1.54, 1.807) is 10.6 Å². The second-order valence-corrected chi connectivity index (χ2v) is 8.75. The van der Waals surface area contributed by atoms with Gasteiger partial charge in [-0.15, -0.1) is 0 Å². The van der Waals surface area contributed by atoms with E-state index in [1.165, 1.54) is 18.5 Å². The van der Waals surface area contributed by atoms with Crippen molar-refractivity contribution in [1.29, 1.82) is 5.26 Å². The molecule has 3 unspecified atom stereocenters. The molecule has 12 heteroatoms. The molecule has 180 valence electrons. The van der Waals surface area contributed by atoms with Crippen LogP contribution in [0.25, 0.3) is 5.52 Å². The third kappa shape index (κ3) is 6.24. The molecule has 3 N–H and O–H groups in total. The number of hydrogen-bond donors (Lipinski definition) is 2. The second-order valence-electron chi connectivity index (χ2n) is 7.76. The molecule has 1 fully saturated rings. The number of nitrogens with zero attached hydrogens (tertiary/aromatic N) is 4. The van der Waals surface area contributed by atoms with E-state index in [4.69, 9.17) is 29.5 Å². The van der Waals surface area contributed by atoms with E-state index in [2.05, 4.69) is 10.1 Å². The Balaban J connectivity index is 1.11. The van der Waals surface area contributed by atoms with Crippen LogP contribution < -0.4 is 5.73 Å². The molecule has 3 atom stereocenters. The number of benzene rings is 1. The molecular formula is C22H25FN5O5P. The van der Waals surface area contributed by atoms with Gasteiger partial charge in [0.05, 0.1) is 43.3 Å². The van der Waals surface area contributed by atoms with E-state index in [9.17, 15) is 9.28 Å². The number of fused-ring (bicyclic) bond motifs is 1. The zero-order chi connectivity index (χ0) is 23.9. The molecule has 0 radical (unpaired) electrons. The smallest absolute Gasteiger partial charge is 0.329 e. The number of ether oxygens (including phenoxy) is 2. The van der Waals surface area contributed by atoms with Gasteiger partial charge < -0.3 is 29.1 Å². The van der Waals surface area contributed by atoms with Crippen LogP contribution in [0.15, 0.2) is 36.7 Å². The molecule has 1 aromatic carbocycles. The predicted molar refractivity (Wildman–Crippen MR) is 121 cm³/mol. The zero-order valence-corrected chi connectivity index (χ0v) is 19.2. The maximum atomic E-state index is 13.4. The van der Waals surface area contributed by atoms with Crippen LogP contribution in [-0.4, -0.2) is 45.4 Å². The van der Waals surface area contributed by atoms with Crippen molar-refractivity contribution < 1.29 is 27.8 Å². The lowest BCUT2D eigenvalue weighted by molar-refractivity contribution is 0.00987. The normalized spacial score (nSPS) is 18.9. The van der Waals surface area contributed by atoms with Crippen molar-refractivity contribution in [3.8, 4) is 6.07 Å². The van der Waals surface area contributed by atoms with Gasteiger partial charge in [0.25, 0.3) is 0 Å². The summed E-state index contributed by atoms with van der Waals surface area (Å²) in [5.41, 5.74) is 8.36. The maximum absolute atomic E-state index is 13.4. The van der Waals surface area contributed by atoms with Gasteiger partial charge in [0.1, 0.15) is 23.8 Å². The summed E-state index contributed by atoms with van der Waals surface area (Å²) in [6, 6.07) is 9.78. The first-order valence-corrected chi connectivity index (χ1v) is 11.9. The first-order valence-electron chi connectivity index (χ1n) is 10.8. The summed E-state index contributed by atoms with van der Waals surface area (Å²) in [5, 5.41) is 13.1. The number of hydrogen-bond acceptors (Lipinski definition) is 9. The van der Waals surface area contributed by atoms with E-state index in [0.717, 1.165) is 24.1 Å². The van der Waals surface area contributed by atoms with Gasteiger partial charge in [-0.3, -0.25) is 0 Å². The first kappa shape index (κ1) is 24.4. The molecule has 34 heavy (non-hydrogen) atoms. The van der Waals surface area contributed by atoms with Crippen molar-refractivity contribution >= 4 is 19.9 Å². The molecule has 1 aliphatic rings. The SMILES string of the molecule is N#Cc1cc(F)cc(COCCCOP(O)OCC2CCC(c3ccc4c(N)ncnn34)O2)c1. The summed E-state index contributed by atoms with van der Waals surface area (Å²) in [5.74, 6) is -0.0585. The van der Waals surface area contributed by atoms with Crippen molar-refractivity contribution in [2.75, 3.05) is 25.6 Å². The van der Waals surface area contributed by atoms with Crippen LogP contribution in [0, 0.1) is 17.1 Å². The molecule has 1 aliphatic heterocycles. The summed E-state index contributed by atoms with van der Waals surface area (Å²) in [6.45, 7) is 1.01. The number of nitriles is 1. The Bertz CT molecular complexity index is 1160. The van der Waals surface area contributed by atoms with Gasteiger partial charge in [-0.1, -0.05) is 0 Å². The van der Waals surface area contributed by atoms with Gasteiger partial charge in [-0.25, -0.2) is 13.9 Å². The molecular weight excluding hydrogens is 464 g/mol. The average Bonchev–Trinajstić information content (AvgIpc) is 3.47. The summed E-state index contributed by atoms with van der Waals surface area (Å²) in [6.07, 6.45) is 3.21. The lowest BCUT2D eigenvalue weighted by atomic mass is 10.1. The molecule has 0 spiro atoms. The van der Waals surface area contributed by atoms with Gasteiger partial charge in [0.2, 0.25) is 0 Å². The Morgan fingerprint density at radius 2 is 2.15 bits per heavy atom. The largest absolute Gasteiger partial charge is 0.382 e. The standard InChI is InChI=1S/C22H25FN5O5P/c23-17-9-15(11-24)8-16(10-17)12-30-6-1-7-31-34(29)32-13-18-2-5-21(33-18)19-3-4-20-22(25)26-14-27-28(19)20/h3-4,8-10,14,18,21,29H,1-2,5-7,12-13H2,(H2,25,26,27). The van der Waals surface area contributed by atoms with E-state index < -0.39 is 14.4 Å². The van der Waals surface area contributed by atoms with E-state index in [-0.39, 0.29) is 37.6 Å². The van der Waals surface area contributed by atoms with Crippen molar-refractivity contribution in [2.24, 2.45) is 0 Å². The molecule has 0 bridgehead atoms. The highest BCUT2D eigenvalue weighted by molar-refractivity contribution is 7.40. The third-order valence-electron chi connectivity index (χ3n) is 5.31. The van der Waals surface area contributed by atoms with E-state index >= 15 is 0 Å². The van der Waals surface area contributed by atoms with Gasteiger partial charge in [0, 0.05) is 6.61 Å².